The zero-order chi connectivity index (χ0) is 14.9. The molecule has 4 nitrogen and oxygen atoms in total. The molecular formula is C15H21N3OS. The van der Waals surface area contributed by atoms with Crippen LogP contribution in [0.3, 0.4) is 0 Å². The van der Waals surface area contributed by atoms with Crippen LogP contribution in [0.4, 0.5) is 5.69 Å². The van der Waals surface area contributed by atoms with Gasteiger partial charge in [0.2, 0.25) is 5.91 Å². The minimum absolute atomic E-state index is 0.0437. The van der Waals surface area contributed by atoms with E-state index in [1.807, 2.05) is 25.1 Å². The third-order valence-corrected chi connectivity index (χ3v) is 4.27. The minimum Gasteiger partial charge on any atom is -0.327 e. The Hall–Kier alpha value is -1.46. The lowest BCUT2D eigenvalue weighted by Crippen LogP contribution is -2.23. The Labute approximate surface area is 123 Å². The van der Waals surface area contributed by atoms with E-state index in [1.54, 1.807) is 11.3 Å². The van der Waals surface area contributed by atoms with Gasteiger partial charge in [-0.15, -0.1) is 11.3 Å². The van der Waals surface area contributed by atoms with Crippen molar-refractivity contribution in [3.05, 3.63) is 23.2 Å². The molecule has 1 amide bonds. The van der Waals surface area contributed by atoms with Crippen LogP contribution in [-0.4, -0.2) is 16.9 Å². The second-order valence-electron chi connectivity index (χ2n) is 6.18. The average Bonchev–Trinajstić information content (AvgIpc) is 2.70. The van der Waals surface area contributed by atoms with E-state index < -0.39 is 0 Å². The van der Waals surface area contributed by atoms with E-state index in [4.69, 9.17) is 5.73 Å². The summed E-state index contributed by atoms with van der Waals surface area (Å²) in [5.41, 5.74) is 7.44. The molecule has 108 valence electrons. The molecule has 0 aliphatic carbocycles. The van der Waals surface area contributed by atoms with Crippen LogP contribution in [-0.2, 0) is 10.2 Å². The van der Waals surface area contributed by atoms with Crippen molar-refractivity contribution >= 4 is 33.1 Å². The van der Waals surface area contributed by atoms with Gasteiger partial charge in [-0.3, -0.25) is 4.79 Å². The van der Waals surface area contributed by atoms with Crippen molar-refractivity contribution in [2.24, 2.45) is 5.73 Å². The van der Waals surface area contributed by atoms with Gasteiger partial charge in [0.15, 0.2) is 0 Å². The number of hydrogen-bond acceptors (Lipinski definition) is 4. The van der Waals surface area contributed by atoms with Crippen molar-refractivity contribution < 1.29 is 4.79 Å². The van der Waals surface area contributed by atoms with E-state index >= 15 is 0 Å². The van der Waals surface area contributed by atoms with Gasteiger partial charge in [-0.05, 0) is 25.1 Å². The molecule has 0 saturated heterocycles. The topological polar surface area (TPSA) is 68.0 Å². The molecule has 5 heteroatoms. The number of nitrogens with one attached hydrogen (secondary N) is 1. The molecule has 1 aromatic heterocycles. The van der Waals surface area contributed by atoms with Crippen molar-refractivity contribution in [3.63, 3.8) is 0 Å². The van der Waals surface area contributed by atoms with Crippen LogP contribution in [0.5, 0.6) is 0 Å². The fraction of sp³-hybridized carbons (Fsp3) is 0.467. The number of amides is 1. The Morgan fingerprint density at radius 3 is 2.75 bits per heavy atom. The summed E-state index contributed by atoms with van der Waals surface area (Å²) >= 11 is 1.67. The highest BCUT2D eigenvalue weighted by Gasteiger charge is 2.18. The maximum absolute atomic E-state index is 11.7. The van der Waals surface area contributed by atoms with Gasteiger partial charge >= 0.3 is 0 Å². The van der Waals surface area contributed by atoms with Crippen molar-refractivity contribution in [3.8, 4) is 0 Å². The number of carbonyl (C=O) groups is 1. The van der Waals surface area contributed by atoms with Crippen molar-refractivity contribution in [2.45, 2.75) is 45.6 Å². The van der Waals surface area contributed by atoms with E-state index in [2.05, 4.69) is 31.1 Å². The number of thiazole rings is 1. The molecule has 1 aromatic carbocycles. The van der Waals surface area contributed by atoms with E-state index in [0.717, 1.165) is 20.9 Å². The quantitative estimate of drug-likeness (QED) is 0.912. The van der Waals surface area contributed by atoms with Crippen molar-refractivity contribution in [1.29, 1.82) is 0 Å². The summed E-state index contributed by atoms with van der Waals surface area (Å²) < 4.78 is 1.09. The molecule has 2 rings (SSSR count). The third kappa shape index (κ3) is 3.55. The molecule has 1 unspecified atom stereocenters. The van der Waals surface area contributed by atoms with E-state index in [9.17, 15) is 4.79 Å². The predicted octanol–water partition coefficient (Wildman–Crippen LogP) is 3.27. The van der Waals surface area contributed by atoms with Crippen LogP contribution in [0.1, 0.15) is 39.1 Å². The number of nitrogens with two attached hydrogens (primary N) is 1. The van der Waals surface area contributed by atoms with Crippen LogP contribution in [0.15, 0.2) is 18.2 Å². The summed E-state index contributed by atoms with van der Waals surface area (Å²) in [7, 11) is 0. The zero-order valence-electron chi connectivity index (χ0n) is 12.4. The van der Waals surface area contributed by atoms with Crippen molar-refractivity contribution in [2.75, 3.05) is 5.32 Å². The second kappa shape index (κ2) is 5.50. The molecule has 3 N–H and O–H groups in total. The predicted molar refractivity (Wildman–Crippen MR) is 85.2 cm³/mol. The maximum Gasteiger partial charge on any atom is 0.225 e. The maximum atomic E-state index is 11.7. The van der Waals surface area contributed by atoms with Gasteiger partial charge < -0.3 is 11.1 Å². The highest BCUT2D eigenvalue weighted by molar-refractivity contribution is 7.18. The first-order valence-electron chi connectivity index (χ1n) is 6.72. The molecule has 2 aromatic rings. The largest absolute Gasteiger partial charge is 0.327 e. The van der Waals surface area contributed by atoms with E-state index in [0.29, 0.717) is 6.42 Å². The van der Waals surface area contributed by atoms with Gasteiger partial charge in [-0.25, -0.2) is 4.98 Å². The fourth-order valence-corrected chi connectivity index (χ4v) is 2.89. The molecule has 0 aliphatic heterocycles. The Morgan fingerprint density at radius 1 is 1.45 bits per heavy atom. The van der Waals surface area contributed by atoms with Crippen LogP contribution >= 0.6 is 11.3 Å². The number of benzene rings is 1. The molecule has 0 saturated carbocycles. The van der Waals surface area contributed by atoms with Crippen LogP contribution in [0.25, 0.3) is 10.2 Å². The Kier molecular flexibility index (Phi) is 4.11. The lowest BCUT2D eigenvalue weighted by Gasteiger charge is -2.13. The minimum atomic E-state index is -0.130. The molecule has 0 spiro atoms. The fourth-order valence-electron chi connectivity index (χ4n) is 1.83. The lowest BCUT2D eigenvalue weighted by molar-refractivity contribution is -0.116. The number of anilines is 1. The monoisotopic (exact) mass is 291 g/mol. The normalized spacial score (nSPS) is 13.4. The number of fused-ring (bicyclic) bond motifs is 1. The average molecular weight is 291 g/mol. The number of rotatable bonds is 3. The molecule has 0 bridgehead atoms. The number of nitrogens with zero attached hydrogens (tertiary/aromatic N) is 1. The second-order valence-corrected chi connectivity index (χ2v) is 7.21. The van der Waals surface area contributed by atoms with Crippen LogP contribution in [0.2, 0.25) is 0 Å². The van der Waals surface area contributed by atoms with Gasteiger partial charge in [0.1, 0.15) is 0 Å². The van der Waals surface area contributed by atoms with Crippen LogP contribution < -0.4 is 11.1 Å². The first-order chi connectivity index (χ1) is 9.25. The molecule has 1 heterocycles. The first kappa shape index (κ1) is 14.9. The van der Waals surface area contributed by atoms with E-state index in [1.165, 1.54) is 0 Å². The highest BCUT2D eigenvalue weighted by atomic mass is 32.1. The Morgan fingerprint density at radius 2 is 2.15 bits per heavy atom. The smallest absolute Gasteiger partial charge is 0.225 e. The molecule has 0 aliphatic rings. The number of hydrogen-bond donors (Lipinski definition) is 2. The lowest BCUT2D eigenvalue weighted by atomic mass is 9.98. The Bertz CT molecular complexity index is 626. The summed E-state index contributed by atoms with van der Waals surface area (Å²) in [6.07, 6.45) is 0.327. The summed E-state index contributed by atoms with van der Waals surface area (Å²) in [6.45, 7) is 8.27. The van der Waals surface area contributed by atoms with Gasteiger partial charge in [0.25, 0.3) is 0 Å². The van der Waals surface area contributed by atoms with Gasteiger partial charge in [0, 0.05) is 23.6 Å². The highest BCUT2D eigenvalue weighted by Crippen LogP contribution is 2.32. The van der Waals surface area contributed by atoms with Crippen LogP contribution in [0, 0.1) is 0 Å². The van der Waals surface area contributed by atoms with Gasteiger partial charge in [-0.1, -0.05) is 20.8 Å². The Balaban J connectivity index is 2.23. The summed E-state index contributed by atoms with van der Waals surface area (Å²) in [5, 5.41) is 3.98. The standard InChI is InChI=1S/C15H21N3OS/c1-9(16)7-13(19)17-10-5-6-11-12(8-10)20-14(18-11)15(2,3)4/h5-6,8-9H,7,16H2,1-4H3,(H,17,19). The van der Waals surface area contributed by atoms with Gasteiger partial charge in [-0.2, -0.15) is 0 Å². The number of carbonyl (C=O) groups excluding carboxylic acids is 1. The summed E-state index contributed by atoms with van der Waals surface area (Å²) in [5.74, 6) is -0.0556. The molecule has 0 fully saturated rings. The van der Waals surface area contributed by atoms with E-state index in [-0.39, 0.29) is 17.4 Å². The van der Waals surface area contributed by atoms with Gasteiger partial charge in [0.05, 0.1) is 15.2 Å². The summed E-state index contributed by atoms with van der Waals surface area (Å²) in [6, 6.07) is 5.67. The zero-order valence-corrected chi connectivity index (χ0v) is 13.2. The SMILES string of the molecule is CC(N)CC(=O)Nc1ccc2nc(C(C)(C)C)sc2c1. The molecule has 1 atom stereocenters. The third-order valence-electron chi connectivity index (χ3n) is 2.82. The molecule has 0 radical (unpaired) electrons. The molecule has 20 heavy (non-hydrogen) atoms. The summed E-state index contributed by atoms with van der Waals surface area (Å²) in [4.78, 5) is 16.4. The first-order valence-corrected chi connectivity index (χ1v) is 7.54. The van der Waals surface area contributed by atoms with Crippen molar-refractivity contribution in [1.82, 2.24) is 4.98 Å². The number of aromatic nitrogens is 1. The molecular weight excluding hydrogens is 270 g/mol.